The Morgan fingerprint density at radius 3 is 2.48 bits per heavy atom. The predicted octanol–water partition coefficient (Wildman–Crippen LogP) is 1.97. The molecule has 1 atom stereocenters. The third-order valence-corrected chi connectivity index (χ3v) is 6.49. The van der Waals surface area contributed by atoms with E-state index in [1.165, 1.54) is 41.6 Å². The van der Waals surface area contributed by atoms with E-state index in [1.807, 2.05) is 0 Å². The number of sulfonamides is 1. The largest absolute Gasteiger partial charge is 0.452 e. The Morgan fingerprint density at radius 2 is 1.93 bits per heavy atom. The van der Waals surface area contributed by atoms with Crippen LogP contribution in [0.5, 0.6) is 0 Å². The van der Waals surface area contributed by atoms with Crippen molar-refractivity contribution >= 4 is 33.5 Å². The first-order valence-electron chi connectivity index (χ1n) is 8.60. The molecule has 7 nitrogen and oxygen atoms in total. The fourth-order valence-corrected chi connectivity index (χ4v) is 4.32. The molecule has 1 fully saturated rings. The third-order valence-electron chi connectivity index (χ3n) is 4.32. The molecule has 9 heteroatoms. The fraction of sp³-hybridized carbons (Fsp3) is 0.444. The summed E-state index contributed by atoms with van der Waals surface area (Å²) in [6.07, 6.45) is 1.30. The molecule has 148 valence electrons. The molecule has 1 heterocycles. The number of nitrogens with zero attached hydrogens (tertiary/aromatic N) is 1. The van der Waals surface area contributed by atoms with Gasteiger partial charge < -0.3 is 10.1 Å². The first-order valence-corrected chi connectivity index (χ1v) is 10.4. The zero-order valence-electron chi connectivity index (χ0n) is 15.1. The minimum absolute atomic E-state index is 0.167. The number of amides is 1. The minimum Gasteiger partial charge on any atom is -0.452 e. The molecule has 0 aromatic heterocycles. The molecule has 1 aliphatic heterocycles. The van der Waals surface area contributed by atoms with Crippen LogP contribution in [0.1, 0.15) is 19.8 Å². The molecule has 0 bridgehead atoms. The number of nitrogens with one attached hydrogen (secondary N) is 1. The van der Waals surface area contributed by atoms with E-state index in [0.717, 1.165) is 0 Å². The zero-order valence-corrected chi connectivity index (χ0v) is 16.6. The van der Waals surface area contributed by atoms with Gasteiger partial charge in [0.2, 0.25) is 10.0 Å². The van der Waals surface area contributed by atoms with E-state index in [1.54, 1.807) is 0 Å². The van der Waals surface area contributed by atoms with Crippen molar-refractivity contribution in [2.24, 2.45) is 5.92 Å². The lowest BCUT2D eigenvalue weighted by atomic mass is 9.98. The van der Waals surface area contributed by atoms with Crippen molar-refractivity contribution in [3.8, 4) is 0 Å². The standard InChI is InChI=1S/C18H23ClN2O5S/c1-3-10-20-17(22)13(2)26-18(23)14-8-11-21(12-9-14)27(24,25)16-6-4-15(19)5-7-16/h3-7,13-14H,1,8-12H2,2H3,(H,20,22)/t13-/m1/s1. The molecular formula is C18H23ClN2O5S. The molecule has 0 saturated carbocycles. The number of ether oxygens (including phenoxy) is 1. The number of rotatable bonds is 7. The summed E-state index contributed by atoms with van der Waals surface area (Å²) in [7, 11) is -3.63. The van der Waals surface area contributed by atoms with Crippen LogP contribution >= 0.6 is 11.6 Å². The second-order valence-corrected chi connectivity index (χ2v) is 8.62. The SMILES string of the molecule is C=CCNC(=O)[C@@H](C)OC(=O)C1CCN(S(=O)(=O)c2ccc(Cl)cc2)CC1. The number of esters is 1. The second-order valence-electron chi connectivity index (χ2n) is 6.25. The number of hydrogen-bond donors (Lipinski definition) is 1. The van der Waals surface area contributed by atoms with Crippen LogP contribution in [-0.4, -0.2) is 50.3 Å². The lowest BCUT2D eigenvalue weighted by Gasteiger charge is -2.30. The Bertz CT molecular complexity index is 786. The van der Waals surface area contributed by atoms with Gasteiger partial charge in [-0.2, -0.15) is 4.31 Å². The Balaban J connectivity index is 1.90. The van der Waals surface area contributed by atoms with Crippen LogP contribution in [0.3, 0.4) is 0 Å². The monoisotopic (exact) mass is 414 g/mol. The van der Waals surface area contributed by atoms with Crippen LogP contribution in [0, 0.1) is 5.92 Å². The number of halogens is 1. The highest BCUT2D eigenvalue weighted by Crippen LogP contribution is 2.25. The molecule has 27 heavy (non-hydrogen) atoms. The highest BCUT2D eigenvalue weighted by atomic mass is 35.5. The summed E-state index contributed by atoms with van der Waals surface area (Å²) in [5, 5.41) is 3.02. The van der Waals surface area contributed by atoms with Crippen LogP contribution < -0.4 is 5.32 Å². The van der Waals surface area contributed by atoms with Gasteiger partial charge in [-0.15, -0.1) is 6.58 Å². The van der Waals surface area contributed by atoms with Gasteiger partial charge in [-0.1, -0.05) is 17.7 Å². The van der Waals surface area contributed by atoms with Gasteiger partial charge in [0.15, 0.2) is 6.10 Å². The van der Waals surface area contributed by atoms with Crippen LogP contribution in [0.4, 0.5) is 0 Å². The molecule has 0 unspecified atom stereocenters. The third kappa shape index (κ3) is 5.54. The van der Waals surface area contributed by atoms with Crippen LogP contribution in [0.2, 0.25) is 5.02 Å². The highest BCUT2D eigenvalue weighted by Gasteiger charge is 2.33. The summed E-state index contributed by atoms with van der Waals surface area (Å²) in [5.74, 6) is -1.32. The smallest absolute Gasteiger partial charge is 0.309 e. The highest BCUT2D eigenvalue weighted by molar-refractivity contribution is 7.89. The number of piperidine rings is 1. The maximum absolute atomic E-state index is 12.6. The summed E-state index contributed by atoms with van der Waals surface area (Å²) in [5.41, 5.74) is 0. The van der Waals surface area contributed by atoms with E-state index < -0.39 is 33.9 Å². The first-order chi connectivity index (χ1) is 12.8. The van der Waals surface area contributed by atoms with Crippen molar-refractivity contribution in [2.75, 3.05) is 19.6 Å². The maximum atomic E-state index is 12.6. The number of hydrogen-bond acceptors (Lipinski definition) is 5. The van der Waals surface area contributed by atoms with Gasteiger partial charge in [0.1, 0.15) is 0 Å². The Kier molecular flexibility index (Phi) is 7.41. The Hall–Kier alpha value is -1.90. The molecule has 0 radical (unpaired) electrons. The van der Waals surface area contributed by atoms with Crippen molar-refractivity contribution in [1.82, 2.24) is 9.62 Å². The summed E-state index contributed by atoms with van der Waals surface area (Å²) in [6, 6.07) is 5.97. The van der Waals surface area contributed by atoms with E-state index in [4.69, 9.17) is 16.3 Å². The average Bonchev–Trinajstić information content (AvgIpc) is 2.66. The van der Waals surface area contributed by atoms with E-state index in [0.29, 0.717) is 24.4 Å². The minimum atomic E-state index is -3.63. The summed E-state index contributed by atoms with van der Waals surface area (Å²) >= 11 is 5.80. The molecule has 1 amide bonds. The van der Waals surface area contributed by atoms with Gasteiger partial charge in [0.25, 0.3) is 5.91 Å². The molecule has 0 spiro atoms. The number of carbonyl (C=O) groups excluding carboxylic acids is 2. The Morgan fingerprint density at radius 1 is 1.33 bits per heavy atom. The van der Waals surface area contributed by atoms with Crippen LogP contribution in [0.25, 0.3) is 0 Å². The predicted molar refractivity (Wildman–Crippen MR) is 102 cm³/mol. The number of carbonyl (C=O) groups is 2. The van der Waals surface area contributed by atoms with Crippen molar-refractivity contribution in [3.63, 3.8) is 0 Å². The molecular weight excluding hydrogens is 392 g/mol. The fourth-order valence-electron chi connectivity index (χ4n) is 2.73. The van der Waals surface area contributed by atoms with E-state index >= 15 is 0 Å². The molecule has 1 aliphatic rings. The van der Waals surface area contributed by atoms with Crippen LogP contribution in [-0.2, 0) is 24.3 Å². The molecule has 2 rings (SSSR count). The van der Waals surface area contributed by atoms with Gasteiger partial charge in [-0.3, -0.25) is 9.59 Å². The van der Waals surface area contributed by atoms with Gasteiger partial charge >= 0.3 is 5.97 Å². The normalized spacial score (nSPS) is 17.1. The maximum Gasteiger partial charge on any atom is 0.309 e. The number of benzene rings is 1. The first kappa shape index (κ1) is 21.4. The molecule has 1 aromatic rings. The average molecular weight is 415 g/mol. The molecule has 1 N–H and O–H groups in total. The lowest BCUT2D eigenvalue weighted by molar-refractivity contribution is -0.159. The quantitative estimate of drug-likeness (QED) is 0.544. The van der Waals surface area contributed by atoms with Gasteiger partial charge in [0.05, 0.1) is 10.8 Å². The van der Waals surface area contributed by atoms with Gasteiger partial charge in [-0.25, -0.2) is 8.42 Å². The van der Waals surface area contributed by atoms with Crippen molar-refractivity contribution in [2.45, 2.75) is 30.8 Å². The topological polar surface area (TPSA) is 92.8 Å². The van der Waals surface area contributed by atoms with Gasteiger partial charge in [0, 0.05) is 24.7 Å². The lowest BCUT2D eigenvalue weighted by Crippen LogP contribution is -2.42. The second kappa shape index (κ2) is 9.34. The summed E-state index contributed by atoms with van der Waals surface area (Å²) in [4.78, 5) is 24.2. The summed E-state index contributed by atoms with van der Waals surface area (Å²) < 4.78 is 31.8. The van der Waals surface area contributed by atoms with Crippen molar-refractivity contribution in [3.05, 3.63) is 41.9 Å². The van der Waals surface area contributed by atoms with Crippen LogP contribution in [0.15, 0.2) is 41.8 Å². The van der Waals surface area contributed by atoms with Gasteiger partial charge in [-0.05, 0) is 44.0 Å². The van der Waals surface area contributed by atoms with E-state index in [9.17, 15) is 18.0 Å². The Labute approximate surface area is 164 Å². The van der Waals surface area contributed by atoms with Crippen molar-refractivity contribution < 1.29 is 22.7 Å². The zero-order chi connectivity index (χ0) is 20.0. The molecule has 1 saturated heterocycles. The summed E-state index contributed by atoms with van der Waals surface area (Å²) in [6.45, 7) is 5.71. The van der Waals surface area contributed by atoms with E-state index in [2.05, 4.69) is 11.9 Å². The molecule has 0 aliphatic carbocycles. The van der Waals surface area contributed by atoms with Crippen molar-refractivity contribution in [1.29, 1.82) is 0 Å². The van der Waals surface area contributed by atoms with E-state index in [-0.39, 0.29) is 18.0 Å². The molecule has 1 aromatic carbocycles.